The first-order valence-corrected chi connectivity index (χ1v) is 9.31. The fourth-order valence-corrected chi connectivity index (χ4v) is 3.88. The Kier molecular flexibility index (Phi) is 4.42. The first-order valence-electron chi connectivity index (χ1n) is 5.75. The monoisotopic (exact) mass is 413 g/mol. The Hall–Kier alpha value is -0.340. The third kappa shape index (κ3) is 3.82. The lowest BCUT2D eigenvalue weighted by atomic mass is 10.1. The highest BCUT2D eigenvalue weighted by Gasteiger charge is 2.33. The van der Waals surface area contributed by atoms with Crippen molar-refractivity contribution in [1.82, 2.24) is 0 Å². The second kappa shape index (κ2) is 5.57. The van der Waals surface area contributed by atoms with E-state index in [0.29, 0.717) is 6.54 Å². The van der Waals surface area contributed by atoms with Crippen molar-refractivity contribution in [1.29, 1.82) is 0 Å². The molecule has 2 rings (SSSR count). The van der Waals surface area contributed by atoms with Crippen LogP contribution in [0.4, 0.5) is 5.69 Å². The molecule has 1 aliphatic rings. The molecule has 4 nitrogen and oxygen atoms in total. The van der Waals surface area contributed by atoms with E-state index in [4.69, 9.17) is 10.7 Å². The van der Waals surface area contributed by atoms with Gasteiger partial charge in [-0.25, -0.2) is 8.42 Å². The van der Waals surface area contributed by atoms with Crippen LogP contribution in [0.3, 0.4) is 0 Å². The van der Waals surface area contributed by atoms with Crippen LogP contribution < -0.4 is 4.90 Å². The first kappa shape index (κ1) is 15.1. The average Bonchev–Trinajstić information content (AvgIpc) is 2.61. The number of anilines is 1. The zero-order chi connectivity index (χ0) is 14.2. The number of nitrogens with zero attached hydrogens (tertiary/aromatic N) is 1. The Balaban J connectivity index is 2.18. The zero-order valence-electron chi connectivity index (χ0n) is 10.3. The molecule has 0 spiro atoms. The first-order chi connectivity index (χ1) is 8.76. The summed E-state index contributed by atoms with van der Waals surface area (Å²) in [6.45, 7) is 2.39. The van der Waals surface area contributed by atoms with Gasteiger partial charge in [0.15, 0.2) is 0 Å². The van der Waals surface area contributed by atoms with E-state index in [0.717, 1.165) is 14.8 Å². The summed E-state index contributed by atoms with van der Waals surface area (Å²) >= 11 is 2.23. The number of benzene rings is 1. The number of amides is 1. The molecule has 104 valence electrons. The maximum Gasteiger partial charge on any atom is 0.232 e. The van der Waals surface area contributed by atoms with Crippen LogP contribution in [-0.4, -0.2) is 26.6 Å². The number of aryl methyl sites for hydroxylation is 1. The Labute approximate surface area is 130 Å². The summed E-state index contributed by atoms with van der Waals surface area (Å²) < 4.78 is 23.3. The average molecular weight is 414 g/mol. The van der Waals surface area contributed by atoms with Crippen LogP contribution in [0.25, 0.3) is 0 Å². The molecular formula is C12H13ClINO3S. The molecule has 0 N–H and O–H groups in total. The summed E-state index contributed by atoms with van der Waals surface area (Å²) in [5.74, 6) is -0.430. The third-order valence-electron chi connectivity index (χ3n) is 3.09. The van der Waals surface area contributed by atoms with Crippen molar-refractivity contribution < 1.29 is 13.2 Å². The van der Waals surface area contributed by atoms with E-state index in [1.807, 2.05) is 25.1 Å². The Morgan fingerprint density at radius 3 is 2.74 bits per heavy atom. The summed E-state index contributed by atoms with van der Waals surface area (Å²) in [6.07, 6.45) is 0.233. The number of carbonyl (C=O) groups excluding carboxylic acids is 1. The van der Waals surface area contributed by atoms with Crippen molar-refractivity contribution in [3.05, 3.63) is 27.3 Å². The molecule has 1 unspecified atom stereocenters. The summed E-state index contributed by atoms with van der Waals surface area (Å²) in [4.78, 5) is 13.6. The minimum absolute atomic E-state index is 0.0501. The predicted octanol–water partition coefficient (Wildman–Crippen LogP) is 2.52. The number of halogens is 2. The lowest BCUT2D eigenvalue weighted by Crippen LogP contribution is -2.25. The fraction of sp³-hybridized carbons (Fsp3) is 0.417. The Morgan fingerprint density at radius 1 is 1.47 bits per heavy atom. The van der Waals surface area contributed by atoms with Gasteiger partial charge in [-0.2, -0.15) is 0 Å². The zero-order valence-corrected chi connectivity index (χ0v) is 14.0. The highest BCUT2D eigenvalue weighted by atomic mass is 127. The topological polar surface area (TPSA) is 54.5 Å². The molecular weight excluding hydrogens is 401 g/mol. The van der Waals surface area contributed by atoms with Crippen molar-refractivity contribution >= 4 is 53.9 Å². The van der Waals surface area contributed by atoms with E-state index >= 15 is 0 Å². The van der Waals surface area contributed by atoms with Crippen molar-refractivity contribution in [2.24, 2.45) is 5.92 Å². The molecule has 1 saturated heterocycles. The van der Waals surface area contributed by atoms with Crippen molar-refractivity contribution in [2.45, 2.75) is 13.3 Å². The van der Waals surface area contributed by atoms with E-state index in [-0.39, 0.29) is 24.0 Å². The van der Waals surface area contributed by atoms with E-state index in [2.05, 4.69) is 22.6 Å². The van der Waals surface area contributed by atoms with E-state index in [1.165, 1.54) is 0 Å². The summed E-state index contributed by atoms with van der Waals surface area (Å²) in [6, 6.07) is 5.77. The number of hydrogen-bond donors (Lipinski definition) is 0. The van der Waals surface area contributed by atoms with Gasteiger partial charge in [-0.05, 0) is 53.3 Å². The number of carbonyl (C=O) groups is 1. The van der Waals surface area contributed by atoms with Gasteiger partial charge < -0.3 is 4.90 Å². The number of hydrogen-bond acceptors (Lipinski definition) is 3. The van der Waals surface area contributed by atoms with E-state index < -0.39 is 9.05 Å². The molecule has 0 aliphatic carbocycles. The lowest BCUT2D eigenvalue weighted by Gasteiger charge is -2.17. The number of rotatable bonds is 3. The standard InChI is InChI=1S/C12H13ClINO3S/c1-8-4-10(2-3-11(8)14)15-6-9(5-12(15)16)7-19(13,17)18/h2-4,9H,5-7H2,1H3. The van der Waals surface area contributed by atoms with Gasteiger partial charge in [-0.1, -0.05) is 0 Å². The van der Waals surface area contributed by atoms with Gasteiger partial charge in [0.1, 0.15) is 0 Å². The fourth-order valence-electron chi connectivity index (χ4n) is 2.22. The molecule has 0 aromatic heterocycles. The predicted molar refractivity (Wildman–Crippen MR) is 84.0 cm³/mol. The minimum Gasteiger partial charge on any atom is -0.312 e. The molecule has 1 aromatic carbocycles. The summed E-state index contributed by atoms with van der Waals surface area (Å²) in [5.41, 5.74) is 1.91. The van der Waals surface area contributed by atoms with E-state index in [9.17, 15) is 13.2 Å². The molecule has 1 amide bonds. The minimum atomic E-state index is -3.56. The van der Waals surface area contributed by atoms with Gasteiger partial charge in [0.25, 0.3) is 0 Å². The highest BCUT2D eigenvalue weighted by Crippen LogP contribution is 2.28. The van der Waals surface area contributed by atoms with Crippen LogP contribution in [-0.2, 0) is 13.8 Å². The maximum absolute atomic E-state index is 12.0. The quantitative estimate of drug-likeness (QED) is 0.565. The lowest BCUT2D eigenvalue weighted by molar-refractivity contribution is -0.117. The Bertz CT molecular complexity index is 617. The molecule has 0 radical (unpaired) electrons. The van der Waals surface area contributed by atoms with Crippen LogP contribution in [0, 0.1) is 16.4 Å². The molecule has 7 heteroatoms. The van der Waals surface area contributed by atoms with E-state index in [1.54, 1.807) is 4.90 Å². The molecule has 0 saturated carbocycles. The smallest absolute Gasteiger partial charge is 0.232 e. The second-order valence-electron chi connectivity index (χ2n) is 4.71. The molecule has 19 heavy (non-hydrogen) atoms. The third-order valence-corrected chi connectivity index (χ3v) is 5.55. The second-order valence-corrected chi connectivity index (χ2v) is 8.70. The van der Waals surface area contributed by atoms with Crippen LogP contribution in [0.15, 0.2) is 18.2 Å². The molecule has 1 aliphatic heterocycles. The van der Waals surface area contributed by atoms with Crippen LogP contribution in [0.1, 0.15) is 12.0 Å². The van der Waals surface area contributed by atoms with Gasteiger partial charge in [0, 0.05) is 38.8 Å². The molecule has 0 bridgehead atoms. The molecule has 1 heterocycles. The van der Waals surface area contributed by atoms with Gasteiger partial charge in [-0.3, -0.25) is 4.79 Å². The van der Waals surface area contributed by atoms with Crippen molar-refractivity contribution in [2.75, 3.05) is 17.2 Å². The van der Waals surface area contributed by atoms with Crippen molar-refractivity contribution in [3.8, 4) is 0 Å². The van der Waals surface area contributed by atoms with Gasteiger partial charge in [0.2, 0.25) is 15.0 Å². The summed E-state index contributed by atoms with van der Waals surface area (Å²) in [7, 11) is 1.68. The SMILES string of the molecule is Cc1cc(N2CC(CS(=O)(=O)Cl)CC2=O)ccc1I. The highest BCUT2D eigenvalue weighted by molar-refractivity contribution is 14.1. The van der Waals surface area contributed by atoms with Gasteiger partial charge in [-0.15, -0.1) is 0 Å². The molecule has 1 aromatic rings. The molecule has 1 fully saturated rings. The maximum atomic E-state index is 12.0. The largest absolute Gasteiger partial charge is 0.312 e. The van der Waals surface area contributed by atoms with Crippen LogP contribution in [0.5, 0.6) is 0 Å². The Morgan fingerprint density at radius 2 is 2.16 bits per heavy atom. The van der Waals surface area contributed by atoms with Crippen molar-refractivity contribution in [3.63, 3.8) is 0 Å². The van der Waals surface area contributed by atoms with Gasteiger partial charge in [0.05, 0.1) is 5.75 Å². The normalized spacial score (nSPS) is 20.1. The van der Waals surface area contributed by atoms with Gasteiger partial charge >= 0.3 is 0 Å². The van der Waals surface area contributed by atoms with Crippen LogP contribution in [0.2, 0.25) is 0 Å². The summed E-state index contributed by atoms with van der Waals surface area (Å²) in [5, 5.41) is 0. The molecule has 1 atom stereocenters. The van der Waals surface area contributed by atoms with Crippen LogP contribution >= 0.6 is 33.3 Å².